The van der Waals surface area contributed by atoms with E-state index in [4.69, 9.17) is 0 Å². The third kappa shape index (κ3) is 4.04. The molecule has 0 N–H and O–H groups in total. The molecule has 0 atom stereocenters. The molecular weight excluding hydrogens is 417 g/mol. The summed E-state index contributed by atoms with van der Waals surface area (Å²) in [6, 6.07) is 11.8. The van der Waals surface area contributed by atoms with Crippen LogP contribution in [0.3, 0.4) is 0 Å². The molecule has 1 fully saturated rings. The lowest BCUT2D eigenvalue weighted by molar-refractivity contribution is -0.274. The molecule has 160 valence electrons. The molecule has 2 aromatic carbocycles. The van der Waals surface area contributed by atoms with Crippen molar-refractivity contribution in [1.29, 1.82) is 0 Å². The first-order valence-corrected chi connectivity index (χ1v) is 11.1. The van der Waals surface area contributed by atoms with Gasteiger partial charge in [0.25, 0.3) is 10.0 Å². The minimum atomic E-state index is -4.90. The Morgan fingerprint density at radius 3 is 2.57 bits per heavy atom. The van der Waals surface area contributed by atoms with Gasteiger partial charge in [-0.05, 0) is 48.9 Å². The Hall–Kier alpha value is -2.52. The molecule has 5 nitrogen and oxygen atoms in total. The summed E-state index contributed by atoms with van der Waals surface area (Å²) in [5.41, 5.74) is 1.64. The van der Waals surface area contributed by atoms with E-state index in [2.05, 4.69) is 16.6 Å². The molecule has 1 aliphatic heterocycles. The van der Waals surface area contributed by atoms with E-state index in [1.54, 1.807) is 12.1 Å². The van der Waals surface area contributed by atoms with Crippen molar-refractivity contribution in [3.63, 3.8) is 0 Å². The number of likely N-dealkylation sites (tertiary alicyclic amines) is 1. The van der Waals surface area contributed by atoms with E-state index in [9.17, 15) is 21.6 Å². The number of alkyl halides is 3. The van der Waals surface area contributed by atoms with E-state index < -0.39 is 22.1 Å². The number of halogens is 3. The molecular formula is C21H21F3N2O3S. The van der Waals surface area contributed by atoms with Gasteiger partial charge < -0.3 is 9.64 Å². The topological polar surface area (TPSA) is 51.5 Å². The Morgan fingerprint density at radius 2 is 1.87 bits per heavy atom. The lowest BCUT2D eigenvalue weighted by atomic mass is 9.91. The highest BCUT2D eigenvalue weighted by Crippen LogP contribution is 2.31. The molecule has 0 radical (unpaired) electrons. The van der Waals surface area contributed by atoms with Crippen molar-refractivity contribution in [2.24, 2.45) is 0 Å². The highest BCUT2D eigenvalue weighted by Gasteiger charge is 2.32. The maximum atomic E-state index is 13.0. The second kappa shape index (κ2) is 7.63. The second-order valence-electron chi connectivity index (χ2n) is 7.41. The van der Waals surface area contributed by atoms with Crippen molar-refractivity contribution in [3.05, 3.63) is 60.3 Å². The molecule has 4 rings (SSSR count). The van der Waals surface area contributed by atoms with Gasteiger partial charge in [0.1, 0.15) is 5.75 Å². The van der Waals surface area contributed by atoms with Crippen molar-refractivity contribution >= 4 is 20.9 Å². The molecule has 0 amide bonds. The monoisotopic (exact) mass is 438 g/mol. The number of hydrogen-bond acceptors (Lipinski definition) is 4. The van der Waals surface area contributed by atoms with E-state index in [0.29, 0.717) is 11.4 Å². The number of benzene rings is 2. The van der Waals surface area contributed by atoms with Gasteiger partial charge in [0.05, 0.1) is 10.4 Å². The van der Waals surface area contributed by atoms with Crippen molar-refractivity contribution in [1.82, 2.24) is 8.87 Å². The summed E-state index contributed by atoms with van der Waals surface area (Å²) in [6.07, 6.45) is -2.36. The molecule has 0 bridgehead atoms. The molecule has 30 heavy (non-hydrogen) atoms. The standard InChI is InChI=1S/C21H21F3N2O3S/c1-2-9-25-13-17(14-25)15-6-7-20-16(11-15)8-10-26(20)30(27,28)19-5-3-4-18(12-19)29-21(22,23)24/h3-8,10-12,17H,2,9,13-14H2,1H3. The van der Waals surface area contributed by atoms with Gasteiger partial charge in [-0.15, -0.1) is 13.2 Å². The molecule has 0 saturated carbocycles. The van der Waals surface area contributed by atoms with Crippen LogP contribution in [0.25, 0.3) is 10.9 Å². The number of hydrogen-bond donors (Lipinski definition) is 0. The smallest absolute Gasteiger partial charge is 0.406 e. The number of ether oxygens (including phenoxy) is 1. The van der Waals surface area contributed by atoms with Gasteiger partial charge in [-0.1, -0.05) is 19.1 Å². The van der Waals surface area contributed by atoms with Gasteiger partial charge in [-0.3, -0.25) is 0 Å². The summed E-state index contributed by atoms with van der Waals surface area (Å²) < 4.78 is 68.5. The largest absolute Gasteiger partial charge is 0.573 e. The summed E-state index contributed by atoms with van der Waals surface area (Å²) >= 11 is 0. The summed E-state index contributed by atoms with van der Waals surface area (Å²) in [4.78, 5) is 2.10. The zero-order valence-electron chi connectivity index (χ0n) is 16.3. The molecule has 0 aliphatic carbocycles. The molecule has 1 saturated heterocycles. The van der Waals surface area contributed by atoms with Gasteiger partial charge in [-0.2, -0.15) is 0 Å². The fraction of sp³-hybridized carbons (Fsp3) is 0.333. The fourth-order valence-corrected chi connectivity index (χ4v) is 5.21. The third-order valence-electron chi connectivity index (χ3n) is 5.24. The van der Waals surface area contributed by atoms with Crippen molar-refractivity contribution in [3.8, 4) is 5.75 Å². The van der Waals surface area contributed by atoms with E-state index in [0.717, 1.165) is 53.1 Å². The van der Waals surface area contributed by atoms with Crippen LogP contribution in [0.4, 0.5) is 13.2 Å². The Bertz CT molecular complexity index is 1170. The Balaban J connectivity index is 1.62. The van der Waals surface area contributed by atoms with Crippen LogP contribution in [-0.2, 0) is 10.0 Å². The van der Waals surface area contributed by atoms with Crippen molar-refractivity contribution < 1.29 is 26.3 Å². The minimum absolute atomic E-state index is 0.278. The first kappa shape index (κ1) is 20.7. The Kier molecular flexibility index (Phi) is 5.27. The number of fused-ring (bicyclic) bond motifs is 1. The first-order valence-electron chi connectivity index (χ1n) is 9.62. The minimum Gasteiger partial charge on any atom is -0.406 e. The van der Waals surface area contributed by atoms with Gasteiger partial charge in [0.2, 0.25) is 0 Å². The Morgan fingerprint density at radius 1 is 1.10 bits per heavy atom. The quantitative estimate of drug-likeness (QED) is 0.565. The molecule has 0 unspecified atom stereocenters. The van der Waals surface area contributed by atoms with Crippen LogP contribution in [0.15, 0.2) is 59.6 Å². The summed E-state index contributed by atoms with van der Waals surface area (Å²) in [7, 11) is -4.08. The second-order valence-corrected chi connectivity index (χ2v) is 9.23. The average Bonchev–Trinajstić information content (AvgIpc) is 3.07. The number of nitrogens with zero attached hydrogens (tertiary/aromatic N) is 2. The molecule has 9 heteroatoms. The van der Waals surface area contributed by atoms with E-state index in [-0.39, 0.29) is 4.90 Å². The lowest BCUT2D eigenvalue weighted by Gasteiger charge is -2.39. The first-order chi connectivity index (χ1) is 14.2. The fourth-order valence-electron chi connectivity index (χ4n) is 3.82. The van der Waals surface area contributed by atoms with Crippen LogP contribution in [-0.4, -0.2) is 43.3 Å². The lowest BCUT2D eigenvalue weighted by Crippen LogP contribution is -2.45. The number of aromatic nitrogens is 1. The van der Waals surface area contributed by atoms with Gasteiger partial charge >= 0.3 is 6.36 Å². The summed E-state index contributed by atoms with van der Waals surface area (Å²) in [6.45, 7) is 5.20. The average molecular weight is 438 g/mol. The molecule has 2 heterocycles. The molecule has 0 spiro atoms. The predicted octanol–water partition coefficient (Wildman–Crippen LogP) is 4.59. The Labute approximate surface area is 172 Å². The van der Waals surface area contributed by atoms with Gasteiger partial charge in [0.15, 0.2) is 0 Å². The van der Waals surface area contributed by atoms with E-state index in [1.807, 2.05) is 12.1 Å². The highest BCUT2D eigenvalue weighted by atomic mass is 32.2. The normalized spacial score (nSPS) is 16.0. The zero-order chi connectivity index (χ0) is 21.5. The van der Waals surface area contributed by atoms with Crippen LogP contribution in [0.5, 0.6) is 5.75 Å². The van der Waals surface area contributed by atoms with Crippen LogP contribution < -0.4 is 4.74 Å². The van der Waals surface area contributed by atoms with Crippen molar-refractivity contribution in [2.45, 2.75) is 30.5 Å². The predicted molar refractivity (Wildman–Crippen MR) is 107 cm³/mol. The molecule has 1 aliphatic rings. The highest BCUT2D eigenvalue weighted by molar-refractivity contribution is 7.90. The maximum Gasteiger partial charge on any atom is 0.573 e. The van der Waals surface area contributed by atoms with Gasteiger partial charge in [0, 0.05) is 36.7 Å². The maximum absolute atomic E-state index is 13.0. The summed E-state index contributed by atoms with van der Waals surface area (Å²) in [5.74, 6) is -0.152. The molecule has 1 aromatic heterocycles. The van der Waals surface area contributed by atoms with Gasteiger partial charge in [-0.25, -0.2) is 12.4 Å². The third-order valence-corrected chi connectivity index (χ3v) is 6.93. The number of rotatable bonds is 6. The van der Waals surface area contributed by atoms with Crippen LogP contribution in [0.2, 0.25) is 0 Å². The van der Waals surface area contributed by atoms with Crippen LogP contribution in [0.1, 0.15) is 24.8 Å². The van der Waals surface area contributed by atoms with E-state index >= 15 is 0 Å². The van der Waals surface area contributed by atoms with Crippen molar-refractivity contribution in [2.75, 3.05) is 19.6 Å². The zero-order valence-corrected chi connectivity index (χ0v) is 17.1. The SMILES string of the molecule is CCCN1CC(c2ccc3c(ccn3S(=O)(=O)c3cccc(OC(F)(F)F)c3)c2)C1. The molecule has 3 aromatic rings. The van der Waals surface area contributed by atoms with Crippen LogP contribution in [0, 0.1) is 0 Å². The summed E-state index contributed by atoms with van der Waals surface area (Å²) in [5, 5.41) is 0.771. The van der Waals surface area contributed by atoms with E-state index in [1.165, 1.54) is 18.3 Å². The van der Waals surface area contributed by atoms with Crippen LogP contribution >= 0.6 is 0 Å².